The molecule has 7 nitrogen and oxygen atoms in total. The molecule has 0 spiro atoms. The van der Waals surface area contributed by atoms with Crippen LogP contribution in [0.2, 0.25) is 0 Å². The number of nitriles is 1. The van der Waals surface area contributed by atoms with Gasteiger partial charge in [0.15, 0.2) is 11.4 Å². The summed E-state index contributed by atoms with van der Waals surface area (Å²) in [5.41, 5.74) is 1.72. The fourth-order valence-electron chi connectivity index (χ4n) is 2.65. The molecule has 0 saturated carbocycles. The summed E-state index contributed by atoms with van der Waals surface area (Å²) in [5, 5.41) is 13.8. The highest BCUT2D eigenvalue weighted by Gasteiger charge is 2.21. The van der Waals surface area contributed by atoms with E-state index >= 15 is 0 Å². The largest absolute Gasteiger partial charge is 0.463 e. The van der Waals surface area contributed by atoms with Gasteiger partial charge in [-0.15, -0.1) is 0 Å². The number of carbonyl (C=O) groups excluding carboxylic acids is 1. The van der Waals surface area contributed by atoms with Gasteiger partial charge in [-0.05, 0) is 32.0 Å². The van der Waals surface area contributed by atoms with Crippen LogP contribution in [0.3, 0.4) is 0 Å². The third kappa shape index (κ3) is 3.11. The summed E-state index contributed by atoms with van der Waals surface area (Å²) in [6.07, 6.45) is 3.52. The minimum Gasteiger partial charge on any atom is -0.463 e. The Morgan fingerprint density at radius 2 is 2.28 bits per heavy atom. The van der Waals surface area contributed by atoms with Gasteiger partial charge in [-0.1, -0.05) is 0 Å². The van der Waals surface area contributed by atoms with Crippen LogP contribution in [0.5, 0.6) is 0 Å². The van der Waals surface area contributed by atoms with Gasteiger partial charge < -0.3 is 9.32 Å². The molecule has 3 heterocycles. The van der Waals surface area contributed by atoms with Crippen LogP contribution in [0.1, 0.15) is 36.7 Å². The summed E-state index contributed by atoms with van der Waals surface area (Å²) in [5.74, 6) is 0.422. The monoisotopic (exact) mass is 337 g/mol. The third-order valence-electron chi connectivity index (χ3n) is 3.97. The lowest BCUT2D eigenvalue weighted by molar-refractivity contribution is 0.0800. The minimum absolute atomic E-state index is 0.108. The van der Waals surface area contributed by atoms with Crippen LogP contribution in [-0.4, -0.2) is 39.2 Å². The van der Waals surface area contributed by atoms with E-state index < -0.39 is 0 Å². The molecule has 0 aliphatic carbocycles. The Labute approximate surface area is 145 Å². The quantitative estimate of drug-likeness (QED) is 0.713. The second-order valence-corrected chi connectivity index (χ2v) is 6.09. The predicted octanol–water partition coefficient (Wildman–Crippen LogP) is 3.26. The fourth-order valence-corrected chi connectivity index (χ4v) is 2.65. The molecule has 0 saturated heterocycles. The van der Waals surface area contributed by atoms with E-state index in [4.69, 9.17) is 9.68 Å². The number of nitrogens with zero attached hydrogens (tertiary/aromatic N) is 5. The molecular weight excluding hydrogens is 318 g/mol. The zero-order valence-electron chi connectivity index (χ0n) is 14.4. The van der Waals surface area contributed by atoms with Crippen LogP contribution in [0, 0.1) is 11.3 Å². The van der Waals surface area contributed by atoms with E-state index in [0.717, 1.165) is 0 Å². The lowest BCUT2D eigenvalue weighted by atomic mass is 10.1. The van der Waals surface area contributed by atoms with Gasteiger partial charge in [0.25, 0.3) is 5.91 Å². The lowest BCUT2D eigenvalue weighted by Crippen LogP contribution is -2.27. The van der Waals surface area contributed by atoms with Crippen molar-refractivity contribution in [1.29, 1.82) is 5.26 Å². The Morgan fingerprint density at radius 1 is 1.48 bits per heavy atom. The Morgan fingerprint density at radius 3 is 2.92 bits per heavy atom. The van der Waals surface area contributed by atoms with E-state index in [-0.39, 0.29) is 18.4 Å². The Bertz CT molecular complexity index is 934. The van der Waals surface area contributed by atoms with Gasteiger partial charge in [-0.25, -0.2) is 9.67 Å². The number of hydrogen-bond acceptors (Lipinski definition) is 5. The number of rotatable bonds is 5. The molecule has 3 aromatic rings. The maximum atomic E-state index is 12.9. The van der Waals surface area contributed by atoms with Crippen molar-refractivity contribution < 1.29 is 9.21 Å². The standard InChI is InChI=1S/C18H19N5O2/c1-12(2)23-17-14(11-20-23)13(18(24)22(3)8-5-7-19)10-15(21-17)16-6-4-9-25-16/h4,6,9-12H,5,8H2,1-3H3. The Balaban J connectivity index is 2.16. The number of carbonyl (C=O) groups is 1. The number of fused-ring (bicyclic) bond motifs is 1. The Hall–Kier alpha value is -3.14. The van der Waals surface area contributed by atoms with Gasteiger partial charge in [0.2, 0.25) is 0 Å². The second-order valence-electron chi connectivity index (χ2n) is 6.09. The summed E-state index contributed by atoms with van der Waals surface area (Å²) >= 11 is 0. The summed E-state index contributed by atoms with van der Waals surface area (Å²) in [4.78, 5) is 19.1. The predicted molar refractivity (Wildman–Crippen MR) is 92.8 cm³/mol. The van der Waals surface area contributed by atoms with Crippen molar-refractivity contribution in [2.45, 2.75) is 26.3 Å². The molecule has 0 N–H and O–H groups in total. The maximum absolute atomic E-state index is 12.9. The average Bonchev–Trinajstić information content (AvgIpc) is 3.27. The summed E-state index contributed by atoms with van der Waals surface area (Å²) < 4.78 is 7.23. The molecular formula is C18H19N5O2. The van der Waals surface area contributed by atoms with Crippen LogP contribution >= 0.6 is 0 Å². The second kappa shape index (κ2) is 6.77. The maximum Gasteiger partial charge on any atom is 0.254 e. The van der Waals surface area contributed by atoms with Crippen LogP contribution in [0.4, 0.5) is 0 Å². The minimum atomic E-state index is -0.168. The van der Waals surface area contributed by atoms with E-state index in [2.05, 4.69) is 16.2 Å². The first-order chi connectivity index (χ1) is 12.0. The molecule has 3 rings (SSSR count). The first kappa shape index (κ1) is 16.7. The van der Waals surface area contributed by atoms with E-state index in [1.807, 2.05) is 13.8 Å². The fraction of sp³-hybridized carbons (Fsp3) is 0.333. The number of amides is 1. The molecule has 0 aliphatic rings. The zero-order chi connectivity index (χ0) is 18.0. The van der Waals surface area contributed by atoms with Crippen LogP contribution < -0.4 is 0 Å². The molecule has 0 bridgehead atoms. The van der Waals surface area contributed by atoms with Crippen molar-refractivity contribution in [3.05, 3.63) is 36.2 Å². The van der Waals surface area contributed by atoms with Gasteiger partial charge in [0.1, 0.15) is 5.69 Å². The highest BCUT2D eigenvalue weighted by molar-refractivity contribution is 6.06. The highest BCUT2D eigenvalue weighted by atomic mass is 16.3. The molecule has 0 aliphatic heterocycles. The number of aromatic nitrogens is 3. The normalized spacial score (nSPS) is 11.0. The Kier molecular flexibility index (Phi) is 4.52. The molecule has 3 aromatic heterocycles. The molecule has 0 radical (unpaired) electrons. The van der Waals surface area contributed by atoms with Gasteiger partial charge in [0.05, 0.1) is 35.9 Å². The van der Waals surface area contributed by atoms with Gasteiger partial charge in [0, 0.05) is 19.6 Å². The molecule has 1 amide bonds. The van der Waals surface area contributed by atoms with Crippen molar-refractivity contribution >= 4 is 16.9 Å². The average molecular weight is 337 g/mol. The van der Waals surface area contributed by atoms with Crippen LogP contribution in [0.15, 0.2) is 35.1 Å². The van der Waals surface area contributed by atoms with E-state index in [0.29, 0.717) is 34.6 Å². The van der Waals surface area contributed by atoms with Gasteiger partial charge in [-0.3, -0.25) is 4.79 Å². The molecule has 0 atom stereocenters. The third-order valence-corrected chi connectivity index (χ3v) is 3.97. The van der Waals surface area contributed by atoms with E-state index in [1.54, 1.807) is 42.4 Å². The van der Waals surface area contributed by atoms with Gasteiger partial charge >= 0.3 is 0 Å². The van der Waals surface area contributed by atoms with Crippen molar-refractivity contribution in [2.24, 2.45) is 0 Å². The molecule has 25 heavy (non-hydrogen) atoms. The van der Waals surface area contributed by atoms with Gasteiger partial charge in [-0.2, -0.15) is 10.4 Å². The molecule has 0 unspecified atom stereocenters. The van der Waals surface area contributed by atoms with Crippen molar-refractivity contribution in [3.8, 4) is 17.5 Å². The summed E-state index contributed by atoms with van der Waals surface area (Å²) in [6, 6.07) is 7.47. The first-order valence-electron chi connectivity index (χ1n) is 8.07. The molecule has 0 aromatic carbocycles. The van der Waals surface area contributed by atoms with Crippen molar-refractivity contribution in [1.82, 2.24) is 19.7 Å². The van der Waals surface area contributed by atoms with Crippen LogP contribution in [-0.2, 0) is 0 Å². The molecule has 128 valence electrons. The van der Waals surface area contributed by atoms with E-state index in [9.17, 15) is 4.79 Å². The van der Waals surface area contributed by atoms with Crippen LogP contribution in [0.25, 0.3) is 22.5 Å². The zero-order valence-corrected chi connectivity index (χ0v) is 14.4. The smallest absolute Gasteiger partial charge is 0.254 e. The van der Waals surface area contributed by atoms with Crippen molar-refractivity contribution in [2.75, 3.05) is 13.6 Å². The molecule has 7 heteroatoms. The number of furan rings is 1. The number of hydrogen-bond donors (Lipinski definition) is 0. The molecule has 0 fully saturated rings. The topological polar surface area (TPSA) is 88.0 Å². The highest BCUT2D eigenvalue weighted by Crippen LogP contribution is 2.27. The summed E-state index contributed by atoms with van der Waals surface area (Å²) in [7, 11) is 1.69. The SMILES string of the molecule is CC(C)n1ncc2c(C(=O)N(C)CCC#N)cc(-c3ccco3)nc21. The van der Waals surface area contributed by atoms with E-state index in [1.165, 1.54) is 4.90 Å². The lowest BCUT2D eigenvalue weighted by Gasteiger charge is -2.16. The first-order valence-corrected chi connectivity index (χ1v) is 8.07. The summed E-state index contributed by atoms with van der Waals surface area (Å²) in [6.45, 7) is 4.38. The van der Waals surface area contributed by atoms with Crippen molar-refractivity contribution in [3.63, 3.8) is 0 Å². The number of pyridine rings is 1.